The Hall–Kier alpha value is -2.85. The van der Waals surface area contributed by atoms with Crippen LogP contribution in [0.5, 0.6) is 0 Å². The summed E-state index contributed by atoms with van der Waals surface area (Å²) in [5.74, 6) is -0.170. The van der Waals surface area contributed by atoms with Crippen LogP contribution in [-0.2, 0) is 14.8 Å². The van der Waals surface area contributed by atoms with E-state index >= 15 is 0 Å². The minimum absolute atomic E-state index is 0.170. The van der Waals surface area contributed by atoms with Gasteiger partial charge in [-0.25, -0.2) is 13.4 Å². The largest absolute Gasteiger partial charge is 0.301 e. The van der Waals surface area contributed by atoms with E-state index in [1.54, 1.807) is 61.5 Å². The number of rotatable bonds is 8. The fraction of sp³-hybridized carbons (Fsp3) is 0.0833. The molecule has 1 amide bonds. The number of amides is 1. The van der Waals surface area contributed by atoms with E-state index in [4.69, 9.17) is 11.6 Å². The Morgan fingerprint density at radius 2 is 1.68 bits per heavy atom. The topological polar surface area (TPSA) is 88.2 Å². The number of aromatic nitrogens is 1. The molecule has 0 fully saturated rings. The maximum absolute atomic E-state index is 12.6. The van der Waals surface area contributed by atoms with Crippen LogP contribution in [0.1, 0.15) is 6.92 Å². The van der Waals surface area contributed by atoms with Gasteiger partial charge in [0.05, 0.1) is 15.8 Å². The first-order valence-electron chi connectivity index (χ1n) is 10.2. The SMILES string of the molecule is CC(Sc1ccc(NS(=O)(=O)c2ccccc2)cc1)C(=O)Nc1nc(-c2ccc(Cl)cc2)cs1. The minimum atomic E-state index is -3.65. The fourth-order valence-corrected chi connectivity index (χ4v) is 5.76. The Balaban J connectivity index is 1.34. The summed E-state index contributed by atoms with van der Waals surface area (Å²) in [6.07, 6.45) is 0. The van der Waals surface area contributed by atoms with Crippen molar-refractivity contribution < 1.29 is 13.2 Å². The molecule has 4 aromatic rings. The molecular weight excluding hydrogens is 510 g/mol. The number of nitrogens with one attached hydrogen (secondary N) is 2. The Morgan fingerprint density at radius 1 is 1.00 bits per heavy atom. The van der Waals surface area contributed by atoms with E-state index in [2.05, 4.69) is 15.0 Å². The smallest absolute Gasteiger partial charge is 0.261 e. The number of carbonyl (C=O) groups is 1. The molecule has 34 heavy (non-hydrogen) atoms. The van der Waals surface area contributed by atoms with Crippen LogP contribution in [0.3, 0.4) is 0 Å². The van der Waals surface area contributed by atoms with Gasteiger partial charge in [-0.3, -0.25) is 9.52 Å². The summed E-state index contributed by atoms with van der Waals surface area (Å²) in [6.45, 7) is 1.81. The first-order valence-corrected chi connectivity index (χ1v) is 13.8. The van der Waals surface area contributed by atoms with Crippen molar-refractivity contribution in [2.75, 3.05) is 10.0 Å². The van der Waals surface area contributed by atoms with Crippen LogP contribution in [0.4, 0.5) is 10.8 Å². The number of anilines is 2. The molecule has 1 unspecified atom stereocenters. The minimum Gasteiger partial charge on any atom is -0.301 e. The number of hydrogen-bond donors (Lipinski definition) is 2. The summed E-state index contributed by atoms with van der Waals surface area (Å²) >= 11 is 8.66. The normalized spacial score (nSPS) is 12.2. The zero-order valence-electron chi connectivity index (χ0n) is 17.9. The van der Waals surface area contributed by atoms with Gasteiger partial charge >= 0.3 is 0 Å². The average molecular weight is 530 g/mol. The summed E-state index contributed by atoms with van der Waals surface area (Å²) in [4.78, 5) is 18.2. The second-order valence-corrected chi connectivity index (χ2v) is 11.6. The van der Waals surface area contributed by atoms with Crippen molar-refractivity contribution in [2.24, 2.45) is 0 Å². The second-order valence-electron chi connectivity index (χ2n) is 7.24. The van der Waals surface area contributed by atoms with Crippen molar-refractivity contribution in [3.8, 4) is 11.3 Å². The number of hydrogen-bond acceptors (Lipinski definition) is 6. The highest BCUT2D eigenvalue weighted by Crippen LogP contribution is 2.29. The van der Waals surface area contributed by atoms with Crippen LogP contribution in [-0.4, -0.2) is 24.6 Å². The van der Waals surface area contributed by atoms with E-state index in [0.717, 1.165) is 16.2 Å². The van der Waals surface area contributed by atoms with E-state index < -0.39 is 10.0 Å². The van der Waals surface area contributed by atoms with Crippen LogP contribution in [0.15, 0.2) is 94.0 Å². The zero-order chi connectivity index (χ0) is 24.1. The monoisotopic (exact) mass is 529 g/mol. The number of benzene rings is 3. The molecule has 174 valence electrons. The lowest BCUT2D eigenvalue weighted by atomic mass is 10.2. The third-order valence-corrected chi connectivity index (χ3v) is 8.24. The van der Waals surface area contributed by atoms with Gasteiger partial charge in [0, 0.05) is 26.5 Å². The van der Waals surface area contributed by atoms with Crippen molar-refractivity contribution in [2.45, 2.75) is 22.0 Å². The molecule has 4 rings (SSSR count). The number of halogens is 1. The van der Waals surface area contributed by atoms with Crippen molar-refractivity contribution in [3.05, 3.63) is 89.3 Å². The number of thioether (sulfide) groups is 1. The number of sulfonamides is 1. The molecule has 0 bridgehead atoms. The van der Waals surface area contributed by atoms with Crippen molar-refractivity contribution in [1.82, 2.24) is 4.98 Å². The molecule has 1 atom stereocenters. The van der Waals surface area contributed by atoms with E-state index in [0.29, 0.717) is 15.8 Å². The zero-order valence-corrected chi connectivity index (χ0v) is 21.1. The molecule has 0 aliphatic rings. The van der Waals surface area contributed by atoms with Gasteiger partial charge in [0.2, 0.25) is 5.91 Å². The third-order valence-electron chi connectivity index (χ3n) is 4.72. The summed E-state index contributed by atoms with van der Waals surface area (Å²) in [6, 6.07) is 22.4. The molecule has 0 radical (unpaired) electrons. The summed E-state index contributed by atoms with van der Waals surface area (Å²) in [5, 5.41) is 5.53. The highest BCUT2D eigenvalue weighted by atomic mass is 35.5. The maximum atomic E-state index is 12.6. The van der Waals surface area contributed by atoms with Gasteiger partial charge in [-0.15, -0.1) is 23.1 Å². The molecule has 3 aromatic carbocycles. The highest BCUT2D eigenvalue weighted by molar-refractivity contribution is 8.00. The van der Waals surface area contributed by atoms with Crippen LogP contribution in [0, 0.1) is 0 Å². The molecule has 0 spiro atoms. The van der Waals surface area contributed by atoms with Gasteiger partial charge in [0.15, 0.2) is 5.13 Å². The van der Waals surface area contributed by atoms with E-state index in [-0.39, 0.29) is 16.1 Å². The molecule has 1 heterocycles. The quantitative estimate of drug-likeness (QED) is 0.258. The molecule has 0 saturated heterocycles. The van der Waals surface area contributed by atoms with Gasteiger partial charge in [-0.2, -0.15) is 0 Å². The molecule has 2 N–H and O–H groups in total. The van der Waals surface area contributed by atoms with Gasteiger partial charge < -0.3 is 5.32 Å². The van der Waals surface area contributed by atoms with Crippen LogP contribution in [0.2, 0.25) is 5.02 Å². The average Bonchev–Trinajstić information content (AvgIpc) is 3.29. The van der Waals surface area contributed by atoms with Crippen LogP contribution in [0.25, 0.3) is 11.3 Å². The van der Waals surface area contributed by atoms with Gasteiger partial charge in [0.1, 0.15) is 0 Å². The first kappa shape index (κ1) is 24.3. The maximum Gasteiger partial charge on any atom is 0.261 e. The molecule has 0 aliphatic heterocycles. The Kier molecular flexibility index (Phi) is 7.57. The van der Waals surface area contributed by atoms with Crippen molar-refractivity contribution in [1.29, 1.82) is 0 Å². The van der Waals surface area contributed by atoms with Crippen LogP contribution < -0.4 is 10.0 Å². The molecule has 10 heteroatoms. The van der Waals surface area contributed by atoms with E-state index in [9.17, 15) is 13.2 Å². The third kappa shape index (κ3) is 6.18. The standard InChI is InChI=1S/C24H20ClN3O3S3/c1-16(23(29)27-24-26-22(15-32-24)17-7-9-18(25)10-8-17)33-20-13-11-19(12-14-20)28-34(30,31)21-5-3-2-4-6-21/h2-16,28H,1H3,(H,26,27,29). The summed E-state index contributed by atoms with van der Waals surface area (Å²) < 4.78 is 27.5. The Labute approximate surface area is 211 Å². The number of thiazole rings is 1. The van der Waals surface area contributed by atoms with Gasteiger partial charge in [-0.1, -0.05) is 41.9 Å². The lowest BCUT2D eigenvalue weighted by Gasteiger charge is -2.12. The molecule has 0 aliphatic carbocycles. The molecule has 0 saturated carbocycles. The number of carbonyl (C=O) groups excluding carboxylic acids is 1. The number of nitrogens with zero attached hydrogens (tertiary/aromatic N) is 1. The fourth-order valence-electron chi connectivity index (χ4n) is 2.96. The predicted octanol–water partition coefficient (Wildman–Crippen LogP) is 6.38. The molecular formula is C24H20ClN3O3S3. The van der Waals surface area contributed by atoms with Gasteiger partial charge in [0.25, 0.3) is 10.0 Å². The van der Waals surface area contributed by atoms with E-state index in [1.165, 1.54) is 35.2 Å². The summed E-state index contributed by atoms with van der Waals surface area (Å²) in [5.41, 5.74) is 2.14. The lowest BCUT2D eigenvalue weighted by molar-refractivity contribution is -0.115. The van der Waals surface area contributed by atoms with Crippen molar-refractivity contribution in [3.63, 3.8) is 0 Å². The Bertz CT molecular complexity index is 1370. The van der Waals surface area contributed by atoms with Crippen molar-refractivity contribution >= 4 is 61.4 Å². The molecule has 1 aromatic heterocycles. The highest BCUT2D eigenvalue weighted by Gasteiger charge is 2.17. The predicted molar refractivity (Wildman–Crippen MR) is 140 cm³/mol. The Morgan fingerprint density at radius 3 is 2.35 bits per heavy atom. The van der Waals surface area contributed by atoms with E-state index in [1.807, 2.05) is 17.5 Å². The lowest BCUT2D eigenvalue weighted by Crippen LogP contribution is -2.22. The van der Waals surface area contributed by atoms with Crippen LogP contribution >= 0.6 is 34.7 Å². The molecule has 6 nitrogen and oxygen atoms in total. The second kappa shape index (κ2) is 10.6. The van der Waals surface area contributed by atoms with Gasteiger partial charge in [-0.05, 0) is 55.5 Å². The first-order chi connectivity index (χ1) is 16.3. The summed E-state index contributed by atoms with van der Waals surface area (Å²) in [7, 11) is -3.65.